The lowest BCUT2D eigenvalue weighted by atomic mass is 10.1. The van der Waals surface area contributed by atoms with Crippen molar-refractivity contribution >= 4 is 67.6 Å². The average molecular weight is 553 g/mol. The summed E-state index contributed by atoms with van der Waals surface area (Å²) in [4.78, 5) is 23.8. The number of benzene rings is 4. The first-order valence-corrected chi connectivity index (χ1v) is 13.2. The van der Waals surface area contributed by atoms with E-state index < -0.39 is 5.97 Å². The second-order valence-corrected chi connectivity index (χ2v) is 10.1. The largest absolute Gasteiger partial charge is 0.494 e. The Morgan fingerprint density at radius 2 is 1.73 bits per heavy atom. The van der Waals surface area contributed by atoms with Crippen LogP contribution in [0.15, 0.2) is 89.5 Å². The van der Waals surface area contributed by atoms with Crippen LogP contribution < -0.4 is 10.1 Å². The molecule has 0 atom stereocenters. The van der Waals surface area contributed by atoms with E-state index >= 15 is 0 Å². The lowest BCUT2D eigenvalue weighted by Crippen LogP contribution is -2.03. The predicted molar refractivity (Wildman–Crippen MR) is 157 cm³/mol. The quantitative estimate of drug-likeness (QED) is 0.176. The van der Waals surface area contributed by atoms with Gasteiger partial charge in [-0.1, -0.05) is 41.9 Å². The summed E-state index contributed by atoms with van der Waals surface area (Å²) in [5.74, 6) is -0.544. The van der Waals surface area contributed by atoms with Crippen LogP contribution in [0, 0.1) is 0 Å². The van der Waals surface area contributed by atoms with Crippen LogP contribution >= 0.6 is 11.6 Å². The Kier molecular flexibility index (Phi) is 6.66. The van der Waals surface area contributed by atoms with Crippen molar-refractivity contribution in [2.75, 3.05) is 12.4 Å². The molecule has 0 saturated heterocycles. The summed E-state index contributed by atoms with van der Waals surface area (Å²) >= 11 is 6.22. The summed E-state index contributed by atoms with van der Waals surface area (Å²) in [7, 11) is 1.63. The molecule has 2 heterocycles. The highest BCUT2D eigenvalue weighted by Gasteiger charge is 2.17. The number of carbonyl (C=O) groups excluding carboxylic acids is 1. The molecule has 4 aromatic carbocycles. The van der Waals surface area contributed by atoms with E-state index in [1.54, 1.807) is 25.4 Å². The van der Waals surface area contributed by atoms with Crippen molar-refractivity contribution in [1.29, 1.82) is 0 Å². The Hall–Kier alpha value is -4.75. The monoisotopic (exact) mass is 552 g/mol. The number of Topliss-reactive ketones (excluding diaryl/α,β-unsaturated/α-hetero) is 1. The number of hydrogen-bond donors (Lipinski definition) is 2. The van der Waals surface area contributed by atoms with Crippen molar-refractivity contribution in [3.05, 3.63) is 101 Å². The number of carbonyl (C=O) groups is 2. The van der Waals surface area contributed by atoms with Gasteiger partial charge >= 0.3 is 5.97 Å². The molecule has 2 aromatic heterocycles. The molecule has 0 aliphatic carbocycles. The SMILES string of the molecule is COc1cc2oc3ccccc3c2cc1Nc1ccc(Cn2cc(C(=O)CCC(=O)O)c3cc(Cl)ccc32)cc1. The van der Waals surface area contributed by atoms with E-state index in [0.717, 1.165) is 49.8 Å². The van der Waals surface area contributed by atoms with E-state index in [0.29, 0.717) is 22.9 Å². The van der Waals surface area contributed by atoms with Gasteiger partial charge in [-0.2, -0.15) is 0 Å². The Balaban J connectivity index is 1.26. The molecular weight excluding hydrogens is 528 g/mol. The Bertz CT molecular complexity index is 1900. The zero-order valence-electron chi connectivity index (χ0n) is 21.6. The van der Waals surface area contributed by atoms with E-state index in [2.05, 4.69) is 5.32 Å². The van der Waals surface area contributed by atoms with E-state index in [1.165, 1.54) is 0 Å². The molecule has 6 rings (SSSR count). The zero-order valence-corrected chi connectivity index (χ0v) is 22.4. The molecule has 40 heavy (non-hydrogen) atoms. The Morgan fingerprint density at radius 1 is 0.925 bits per heavy atom. The third-order valence-corrected chi connectivity index (χ3v) is 7.23. The number of halogens is 1. The van der Waals surface area contributed by atoms with Crippen LogP contribution in [0.3, 0.4) is 0 Å². The van der Waals surface area contributed by atoms with Crippen LogP contribution in [-0.4, -0.2) is 28.5 Å². The minimum atomic E-state index is -1.00. The number of carboxylic acids is 1. The summed E-state index contributed by atoms with van der Waals surface area (Å²) in [5.41, 5.74) is 5.68. The number of carboxylic acid groups (broad SMARTS) is 1. The number of furan rings is 1. The highest BCUT2D eigenvalue weighted by molar-refractivity contribution is 6.31. The first kappa shape index (κ1) is 25.5. The van der Waals surface area contributed by atoms with Gasteiger partial charge in [0.05, 0.1) is 19.2 Å². The number of methoxy groups -OCH3 is 1. The molecule has 7 nitrogen and oxygen atoms in total. The highest BCUT2D eigenvalue weighted by atomic mass is 35.5. The van der Waals surface area contributed by atoms with Crippen LogP contribution in [0.2, 0.25) is 5.02 Å². The summed E-state index contributed by atoms with van der Waals surface area (Å²) < 4.78 is 13.6. The van der Waals surface area contributed by atoms with Crippen LogP contribution in [0.1, 0.15) is 28.8 Å². The third-order valence-electron chi connectivity index (χ3n) is 6.99. The van der Waals surface area contributed by atoms with Gasteiger partial charge in [-0.05, 0) is 48.0 Å². The van der Waals surface area contributed by atoms with Crippen molar-refractivity contribution < 1.29 is 23.8 Å². The highest BCUT2D eigenvalue weighted by Crippen LogP contribution is 2.37. The van der Waals surface area contributed by atoms with Crippen molar-refractivity contribution in [2.24, 2.45) is 0 Å². The Labute approximate surface area is 234 Å². The molecule has 0 bridgehead atoms. The van der Waals surface area contributed by atoms with Gasteiger partial charge in [-0.15, -0.1) is 0 Å². The molecular formula is C32H25ClN2O5. The number of para-hydroxylation sites is 1. The fraction of sp³-hybridized carbons (Fsp3) is 0.125. The van der Waals surface area contributed by atoms with Gasteiger partial charge < -0.3 is 24.1 Å². The van der Waals surface area contributed by atoms with Crippen LogP contribution in [0.4, 0.5) is 11.4 Å². The van der Waals surface area contributed by atoms with Crippen molar-refractivity contribution in [1.82, 2.24) is 4.57 Å². The molecule has 0 saturated carbocycles. The minimum absolute atomic E-state index is 0.0643. The number of nitrogens with zero attached hydrogens (tertiary/aromatic N) is 1. The number of aliphatic carboxylic acids is 1. The number of rotatable bonds is 9. The summed E-state index contributed by atoms with van der Waals surface area (Å²) in [6, 6.07) is 25.3. The smallest absolute Gasteiger partial charge is 0.303 e. The van der Waals surface area contributed by atoms with Crippen LogP contribution in [0.25, 0.3) is 32.8 Å². The number of nitrogens with one attached hydrogen (secondary N) is 1. The molecule has 2 N–H and O–H groups in total. The van der Waals surface area contributed by atoms with E-state index in [4.69, 9.17) is 25.9 Å². The molecule has 0 fully saturated rings. The zero-order chi connectivity index (χ0) is 27.8. The van der Waals surface area contributed by atoms with E-state index in [-0.39, 0.29) is 18.6 Å². The van der Waals surface area contributed by atoms with E-state index in [1.807, 2.05) is 71.3 Å². The molecule has 0 spiro atoms. The number of anilines is 2. The summed E-state index contributed by atoms with van der Waals surface area (Å²) in [6.07, 6.45) is 1.51. The molecule has 0 aliphatic heterocycles. The second-order valence-electron chi connectivity index (χ2n) is 9.62. The van der Waals surface area contributed by atoms with E-state index in [9.17, 15) is 9.59 Å². The average Bonchev–Trinajstić information content (AvgIpc) is 3.49. The topological polar surface area (TPSA) is 93.7 Å². The van der Waals surface area contributed by atoms with Crippen molar-refractivity contribution in [2.45, 2.75) is 19.4 Å². The van der Waals surface area contributed by atoms with Crippen molar-refractivity contribution in [3.63, 3.8) is 0 Å². The van der Waals surface area contributed by atoms with Gasteiger partial charge in [0, 0.05) is 63.2 Å². The molecule has 0 unspecified atom stereocenters. The Morgan fingerprint density at radius 3 is 2.50 bits per heavy atom. The van der Waals surface area contributed by atoms with Crippen LogP contribution in [0.5, 0.6) is 5.75 Å². The van der Waals surface area contributed by atoms with Gasteiger partial charge in [-0.25, -0.2) is 0 Å². The van der Waals surface area contributed by atoms with Crippen LogP contribution in [-0.2, 0) is 11.3 Å². The number of ketones is 1. The summed E-state index contributed by atoms with van der Waals surface area (Å²) in [6.45, 7) is 0.529. The molecule has 200 valence electrons. The predicted octanol–water partition coefficient (Wildman–Crippen LogP) is 8.04. The number of aromatic nitrogens is 1. The maximum absolute atomic E-state index is 12.8. The first-order chi connectivity index (χ1) is 19.4. The molecule has 8 heteroatoms. The first-order valence-electron chi connectivity index (χ1n) is 12.8. The lowest BCUT2D eigenvalue weighted by Gasteiger charge is -2.12. The molecule has 0 radical (unpaired) electrons. The summed E-state index contributed by atoms with van der Waals surface area (Å²) in [5, 5.41) is 15.7. The van der Waals surface area contributed by atoms with Gasteiger partial charge in [0.15, 0.2) is 5.78 Å². The second kappa shape index (κ2) is 10.4. The fourth-order valence-electron chi connectivity index (χ4n) is 5.04. The van der Waals surface area contributed by atoms with Gasteiger partial charge in [0.1, 0.15) is 16.9 Å². The third kappa shape index (κ3) is 4.87. The van der Waals surface area contributed by atoms with Gasteiger partial charge in [0.2, 0.25) is 0 Å². The van der Waals surface area contributed by atoms with Crippen molar-refractivity contribution in [3.8, 4) is 5.75 Å². The van der Waals surface area contributed by atoms with Gasteiger partial charge in [-0.3, -0.25) is 9.59 Å². The lowest BCUT2D eigenvalue weighted by molar-refractivity contribution is -0.136. The maximum atomic E-state index is 12.8. The molecule has 0 amide bonds. The van der Waals surface area contributed by atoms with Gasteiger partial charge in [0.25, 0.3) is 0 Å². The normalized spacial score (nSPS) is 11.3. The maximum Gasteiger partial charge on any atom is 0.303 e. The number of hydrogen-bond acceptors (Lipinski definition) is 5. The number of ether oxygens (including phenoxy) is 1. The minimum Gasteiger partial charge on any atom is -0.494 e. The standard InChI is InChI=1S/C32H25ClN2O5/c1-39-31-16-30-24(22-4-2-3-5-29(22)40-30)15-26(31)34-21-9-6-19(7-10-21)17-35-18-25(28(36)12-13-32(37)38)23-14-20(33)8-11-27(23)35/h2-11,14-16,18,34H,12-13,17H2,1H3,(H,37,38). The molecule has 6 aromatic rings. The molecule has 0 aliphatic rings. The fourth-order valence-corrected chi connectivity index (χ4v) is 5.21. The number of fused-ring (bicyclic) bond motifs is 4.